The highest BCUT2D eigenvalue weighted by atomic mass is 16.3. The molecule has 158 valence electrons. The van der Waals surface area contributed by atoms with Crippen LogP contribution < -0.4 is 10.2 Å². The van der Waals surface area contributed by atoms with Crippen LogP contribution in [-0.4, -0.2) is 36.5 Å². The fourth-order valence-corrected chi connectivity index (χ4v) is 3.34. The number of para-hydroxylation sites is 1. The van der Waals surface area contributed by atoms with Gasteiger partial charge in [0.25, 0.3) is 5.91 Å². The third-order valence-electron chi connectivity index (χ3n) is 4.90. The predicted octanol–water partition coefficient (Wildman–Crippen LogP) is 3.14. The Labute approximate surface area is 176 Å². The molecular weight excluding hydrogens is 404 g/mol. The number of carbonyl (C=O) groups is 1. The van der Waals surface area contributed by atoms with Gasteiger partial charge in [-0.1, -0.05) is 18.2 Å². The lowest BCUT2D eigenvalue weighted by molar-refractivity contribution is -0.114. The van der Waals surface area contributed by atoms with Gasteiger partial charge < -0.3 is 36.0 Å². The van der Waals surface area contributed by atoms with Crippen LogP contribution in [0.3, 0.4) is 0 Å². The van der Waals surface area contributed by atoms with Gasteiger partial charge in [0, 0.05) is 48.1 Å². The molecule has 0 saturated heterocycles. The lowest BCUT2D eigenvalue weighted by Gasteiger charge is -2.27. The molecule has 0 bridgehead atoms. The van der Waals surface area contributed by atoms with Crippen molar-refractivity contribution in [3.8, 4) is 34.5 Å². The Kier molecular flexibility index (Phi) is 4.70. The summed E-state index contributed by atoms with van der Waals surface area (Å²) in [5.74, 6) is -4.85. The highest BCUT2D eigenvalue weighted by molar-refractivity contribution is 6.11. The Morgan fingerprint density at radius 3 is 1.77 bits per heavy atom. The standard InChI is InChI=1S/C22H18N2O7/c25-16-6-13(7-17(26)20(16)29)24(14-8-18(27)21(30)19(28)9-14)22(31)12-5-11-3-1-2-4-15(11)23-10-12/h1-4,6-10,23,25-30H,5H2. The molecule has 0 saturated carbocycles. The third kappa shape index (κ3) is 3.48. The minimum absolute atomic E-state index is 0.0537. The van der Waals surface area contributed by atoms with Gasteiger partial charge in [-0.15, -0.1) is 0 Å². The van der Waals surface area contributed by atoms with Crippen molar-refractivity contribution < 1.29 is 35.4 Å². The number of rotatable bonds is 3. The lowest BCUT2D eigenvalue weighted by Crippen LogP contribution is -2.29. The van der Waals surface area contributed by atoms with Crippen molar-refractivity contribution in [2.24, 2.45) is 0 Å². The van der Waals surface area contributed by atoms with E-state index in [0.717, 1.165) is 40.4 Å². The van der Waals surface area contributed by atoms with Crippen LogP contribution in [0.1, 0.15) is 5.56 Å². The van der Waals surface area contributed by atoms with E-state index in [1.54, 1.807) is 0 Å². The number of carbonyl (C=O) groups excluding carboxylic acids is 1. The van der Waals surface area contributed by atoms with Crippen molar-refractivity contribution >= 4 is 23.0 Å². The van der Waals surface area contributed by atoms with E-state index in [9.17, 15) is 35.4 Å². The van der Waals surface area contributed by atoms with Gasteiger partial charge >= 0.3 is 0 Å². The summed E-state index contributed by atoms with van der Waals surface area (Å²) in [7, 11) is 0. The van der Waals surface area contributed by atoms with Gasteiger partial charge in [0.2, 0.25) is 0 Å². The van der Waals surface area contributed by atoms with Crippen LogP contribution in [0.2, 0.25) is 0 Å². The molecule has 0 aliphatic carbocycles. The summed E-state index contributed by atoms with van der Waals surface area (Å²) in [5.41, 5.74) is 1.90. The summed E-state index contributed by atoms with van der Waals surface area (Å²) in [6, 6.07) is 11.6. The molecule has 0 radical (unpaired) electrons. The zero-order chi connectivity index (χ0) is 22.3. The smallest absolute Gasteiger partial charge is 0.260 e. The van der Waals surface area contributed by atoms with Crippen LogP contribution in [0.15, 0.2) is 60.3 Å². The Balaban J connectivity index is 1.83. The summed E-state index contributed by atoms with van der Waals surface area (Å²) in [5, 5.41) is 62.1. The molecule has 1 heterocycles. The minimum Gasteiger partial charge on any atom is -0.504 e. The fraction of sp³-hybridized carbons (Fsp3) is 0.0455. The topological polar surface area (TPSA) is 154 Å². The first-order valence-electron chi connectivity index (χ1n) is 9.14. The maximum absolute atomic E-state index is 13.5. The molecule has 0 aromatic heterocycles. The van der Waals surface area contributed by atoms with Crippen LogP contribution in [0.25, 0.3) is 0 Å². The SMILES string of the molecule is O=C(C1=CNc2ccccc2C1)N(c1cc(O)c(O)c(O)c1)c1cc(O)c(O)c(O)c1. The summed E-state index contributed by atoms with van der Waals surface area (Å²) >= 11 is 0. The molecule has 1 amide bonds. The largest absolute Gasteiger partial charge is 0.504 e. The normalized spacial score (nSPS) is 12.5. The second-order valence-corrected chi connectivity index (χ2v) is 6.95. The van der Waals surface area contributed by atoms with Crippen molar-refractivity contribution in [2.45, 2.75) is 6.42 Å². The van der Waals surface area contributed by atoms with E-state index in [-0.39, 0.29) is 17.8 Å². The number of nitrogens with one attached hydrogen (secondary N) is 1. The number of hydrogen-bond donors (Lipinski definition) is 7. The molecule has 9 heteroatoms. The van der Waals surface area contributed by atoms with Gasteiger partial charge in [0.1, 0.15) is 0 Å². The average molecular weight is 422 g/mol. The summed E-state index contributed by atoms with van der Waals surface area (Å²) < 4.78 is 0. The van der Waals surface area contributed by atoms with Gasteiger partial charge in [-0.2, -0.15) is 0 Å². The zero-order valence-corrected chi connectivity index (χ0v) is 15.9. The fourth-order valence-electron chi connectivity index (χ4n) is 3.34. The van der Waals surface area contributed by atoms with E-state index in [0.29, 0.717) is 5.57 Å². The van der Waals surface area contributed by atoms with Crippen LogP contribution >= 0.6 is 0 Å². The van der Waals surface area contributed by atoms with Crippen molar-refractivity contribution in [1.82, 2.24) is 0 Å². The van der Waals surface area contributed by atoms with Crippen molar-refractivity contribution in [2.75, 3.05) is 10.2 Å². The van der Waals surface area contributed by atoms with Gasteiger partial charge in [0.15, 0.2) is 34.5 Å². The van der Waals surface area contributed by atoms with E-state index >= 15 is 0 Å². The van der Waals surface area contributed by atoms with Gasteiger partial charge in [0.05, 0.1) is 11.4 Å². The van der Waals surface area contributed by atoms with Crippen molar-refractivity contribution in [1.29, 1.82) is 0 Å². The third-order valence-corrected chi connectivity index (χ3v) is 4.90. The average Bonchev–Trinajstić information content (AvgIpc) is 2.75. The number of anilines is 3. The molecule has 1 aliphatic heterocycles. The molecule has 1 aliphatic rings. The van der Waals surface area contributed by atoms with Crippen molar-refractivity contribution in [3.05, 3.63) is 65.9 Å². The number of phenolic OH excluding ortho intramolecular Hbond substituents is 6. The quantitative estimate of drug-likeness (QED) is 0.318. The first-order chi connectivity index (χ1) is 14.8. The van der Waals surface area contributed by atoms with Crippen LogP contribution in [-0.2, 0) is 11.2 Å². The molecular formula is C22H18N2O7. The molecule has 0 fully saturated rings. The summed E-state index contributed by atoms with van der Waals surface area (Å²) in [6.45, 7) is 0. The molecule has 0 atom stereocenters. The van der Waals surface area contributed by atoms with Crippen LogP contribution in [0.5, 0.6) is 34.5 Å². The molecule has 4 rings (SSSR count). The Morgan fingerprint density at radius 1 is 0.774 bits per heavy atom. The molecule has 0 spiro atoms. The zero-order valence-electron chi connectivity index (χ0n) is 15.9. The number of nitrogens with zero attached hydrogens (tertiary/aromatic N) is 1. The Bertz CT molecular complexity index is 1130. The number of aromatic hydroxyl groups is 6. The minimum atomic E-state index is -0.764. The van der Waals surface area contributed by atoms with E-state index in [4.69, 9.17) is 0 Å². The van der Waals surface area contributed by atoms with Crippen molar-refractivity contribution in [3.63, 3.8) is 0 Å². The molecule has 7 N–H and O–H groups in total. The molecule has 3 aromatic carbocycles. The predicted molar refractivity (Wildman–Crippen MR) is 112 cm³/mol. The first-order valence-corrected chi connectivity index (χ1v) is 9.14. The Morgan fingerprint density at radius 2 is 1.26 bits per heavy atom. The molecule has 9 nitrogen and oxygen atoms in total. The Hall–Kier alpha value is -4.53. The highest BCUT2D eigenvalue weighted by Gasteiger charge is 2.27. The van der Waals surface area contributed by atoms with Crippen LogP contribution in [0.4, 0.5) is 17.1 Å². The van der Waals surface area contributed by atoms with E-state index < -0.39 is 40.4 Å². The maximum Gasteiger partial charge on any atom is 0.260 e. The molecule has 0 unspecified atom stereocenters. The second kappa shape index (κ2) is 7.38. The number of phenols is 6. The highest BCUT2D eigenvalue weighted by Crippen LogP contribution is 2.44. The van der Waals surface area contributed by atoms with E-state index in [1.807, 2.05) is 24.3 Å². The lowest BCUT2D eigenvalue weighted by atomic mass is 9.99. The summed E-state index contributed by atoms with van der Waals surface area (Å²) in [6.07, 6.45) is 1.78. The van der Waals surface area contributed by atoms with Gasteiger partial charge in [-0.25, -0.2) is 0 Å². The number of benzene rings is 3. The maximum atomic E-state index is 13.5. The van der Waals surface area contributed by atoms with Gasteiger partial charge in [-0.3, -0.25) is 9.69 Å². The second-order valence-electron chi connectivity index (χ2n) is 6.95. The number of fused-ring (bicyclic) bond motifs is 1. The van der Waals surface area contributed by atoms with Crippen LogP contribution in [0, 0.1) is 0 Å². The first kappa shape index (κ1) is 19.8. The molecule has 3 aromatic rings. The van der Waals surface area contributed by atoms with E-state index in [2.05, 4.69) is 5.32 Å². The monoisotopic (exact) mass is 422 g/mol. The number of hydrogen-bond acceptors (Lipinski definition) is 8. The van der Waals surface area contributed by atoms with E-state index in [1.165, 1.54) is 6.20 Å². The summed E-state index contributed by atoms with van der Waals surface area (Å²) in [4.78, 5) is 14.5. The van der Waals surface area contributed by atoms with Gasteiger partial charge in [-0.05, 0) is 11.6 Å². The number of amides is 1. The molecule has 31 heavy (non-hydrogen) atoms.